The molecule has 1 atom stereocenters. The number of hydrogen-bond acceptors (Lipinski definition) is 4. The van der Waals surface area contributed by atoms with E-state index in [2.05, 4.69) is 5.32 Å². The average Bonchev–Trinajstić information content (AvgIpc) is 2.37. The van der Waals surface area contributed by atoms with Gasteiger partial charge in [0.1, 0.15) is 13.2 Å². The lowest BCUT2D eigenvalue weighted by molar-refractivity contribution is 0.171. The van der Waals surface area contributed by atoms with Gasteiger partial charge in [0, 0.05) is 19.2 Å². The topological polar surface area (TPSA) is 50.7 Å². The van der Waals surface area contributed by atoms with E-state index in [1.165, 1.54) is 0 Å². The van der Waals surface area contributed by atoms with Crippen LogP contribution in [-0.2, 0) is 6.54 Å². The Bertz CT molecular complexity index is 411. The fraction of sp³-hybridized carbons (Fsp3) is 0.538. The minimum atomic E-state index is 0.191. The summed E-state index contributed by atoms with van der Waals surface area (Å²) in [5.74, 6) is 1.34. The molecule has 0 saturated carbocycles. The average molecular weight is 272 g/mol. The largest absolute Gasteiger partial charge is 0.486 e. The molecule has 0 radical (unpaired) electrons. The molecule has 0 fully saturated rings. The van der Waals surface area contributed by atoms with Gasteiger partial charge >= 0.3 is 0 Å². The zero-order chi connectivity index (χ0) is 13.0. The summed E-state index contributed by atoms with van der Waals surface area (Å²) in [5, 5.41) is 12.7. The molecular formula is C13H18ClNO3. The van der Waals surface area contributed by atoms with Crippen molar-refractivity contribution >= 4 is 11.6 Å². The molecule has 1 aliphatic rings. The van der Waals surface area contributed by atoms with Gasteiger partial charge in [0.15, 0.2) is 11.5 Å². The molecule has 2 N–H and O–H groups in total. The first kappa shape index (κ1) is 13.5. The lowest BCUT2D eigenvalue weighted by atomic mass is 10.1. The predicted molar refractivity (Wildman–Crippen MR) is 70.4 cm³/mol. The van der Waals surface area contributed by atoms with Crippen LogP contribution in [0.5, 0.6) is 11.5 Å². The Labute approximate surface area is 112 Å². The molecule has 4 nitrogen and oxygen atoms in total. The van der Waals surface area contributed by atoms with Crippen molar-refractivity contribution < 1.29 is 14.6 Å². The molecule has 1 heterocycles. The van der Waals surface area contributed by atoms with Crippen LogP contribution in [0.25, 0.3) is 0 Å². The highest BCUT2D eigenvalue weighted by Crippen LogP contribution is 2.38. The molecule has 0 spiro atoms. The molecule has 0 bridgehead atoms. The Morgan fingerprint density at radius 1 is 1.39 bits per heavy atom. The normalized spacial score (nSPS) is 15.5. The maximum Gasteiger partial charge on any atom is 0.179 e. The van der Waals surface area contributed by atoms with E-state index in [0.29, 0.717) is 36.3 Å². The molecule has 1 aromatic rings. The zero-order valence-electron chi connectivity index (χ0n) is 10.4. The van der Waals surface area contributed by atoms with E-state index >= 15 is 0 Å². The number of aliphatic hydroxyl groups is 1. The summed E-state index contributed by atoms with van der Waals surface area (Å²) in [4.78, 5) is 0. The molecule has 0 aliphatic carbocycles. The molecule has 5 heteroatoms. The Morgan fingerprint density at radius 3 is 2.94 bits per heavy atom. The van der Waals surface area contributed by atoms with Crippen molar-refractivity contribution in [2.24, 2.45) is 0 Å². The van der Waals surface area contributed by atoms with Gasteiger partial charge in [-0.3, -0.25) is 0 Å². The third kappa shape index (κ3) is 3.28. The Kier molecular flexibility index (Phi) is 4.69. The van der Waals surface area contributed by atoms with E-state index in [1.807, 2.05) is 19.1 Å². The third-order valence-corrected chi connectivity index (χ3v) is 3.15. The summed E-state index contributed by atoms with van der Waals surface area (Å²) in [6.45, 7) is 4.02. The van der Waals surface area contributed by atoms with E-state index in [0.717, 1.165) is 12.0 Å². The minimum Gasteiger partial charge on any atom is -0.486 e. The molecule has 0 saturated heterocycles. The van der Waals surface area contributed by atoms with Gasteiger partial charge in [0.25, 0.3) is 0 Å². The van der Waals surface area contributed by atoms with E-state index < -0.39 is 0 Å². The first-order valence-corrected chi connectivity index (χ1v) is 6.50. The maximum atomic E-state index is 8.84. The number of nitrogens with one attached hydrogen (secondary N) is 1. The Balaban J connectivity index is 2.03. The lowest BCUT2D eigenvalue weighted by Crippen LogP contribution is -2.26. The van der Waals surface area contributed by atoms with Crippen LogP contribution in [0.3, 0.4) is 0 Å². The van der Waals surface area contributed by atoms with Gasteiger partial charge in [0.05, 0.1) is 5.02 Å². The van der Waals surface area contributed by atoms with Gasteiger partial charge in [-0.1, -0.05) is 11.6 Å². The van der Waals surface area contributed by atoms with Crippen molar-refractivity contribution in [3.8, 4) is 11.5 Å². The second-order valence-corrected chi connectivity index (χ2v) is 4.80. The van der Waals surface area contributed by atoms with Crippen molar-refractivity contribution in [1.29, 1.82) is 0 Å². The van der Waals surface area contributed by atoms with Crippen molar-refractivity contribution in [2.75, 3.05) is 19.8 Å². The SMILES string of the molecule is CC(CCO)NCc1cc(Cl)c2c(c1)OCCO2. The maximum absolute atomic E-state index is 8.84. The second-order valence-electron chi connectivity index (χ2n) is 4.40. The van der Waals surface area contributed by atoms with Crippen LogP contribution in [0.2, 0.25) is 5.02 Å². The molecule has 1 aliphatic heterocycles. The predicted octanol–water partition coefficient (Wildman–Crippen LogP) is 1.97. The minimum absolute atomic E-state index is 0.191. The Morgan fingerprint density at radius 2 is 2.17 bits per heavy atom. The summed E-state index contributed by atoms with van der Waals surface area (Å²) in [6.07, 6.45) is 0.734. The molecule has 1 aromatic carbocycles. The number of aliphatic hydroxyl groups excluding tert-OH is 1. The molecule has 100 valence electrons. The number of halogens is 1. The monoisotopic (exact) mass is 271 g/mol. The quantitative estimate of drug-likeness (QED) is 0.860. The zero-order valence-corrected chi connectivity index (χ0v) is 11.2. The Hall–Kier alpha value is -0.970. The first-order valence-electron chi connectivity index (χ1n) is 6.13. The lowest BCUT2D eigenvalue weighted by Gasteiger charge is -2.21. The van der Waals surface area contributed by atoms with Crippen LogP contribution in [0.4, 0.5) is 0 Å². The van der Waals surface area contributed by atoms with E-state index in [4.69, 9.17) is 26.2 Å². The summed E-state index contributed by atoms with van der Waals surface area (Å²) in [7, 11) is 0. The van der Waals surface area contributed by atoms with Gasteiger partial charge in [0.2, 0.25) is 0 Å². The number of ether oxygens (including phenoxy) is 2. The smallest absolute Gasteiger partial charge is 0.179 e. The van der Waals surface area contributed by atoms with Crippen molar-refractivity contribution in [3.05, 3.63) is 22.7 Å². The standard InChI is InChI=1S/C13H18ClNO3/c1-9(2-3-16)15-8-10-6-11(14)13-12(7-10)17-4-5-18-13/h6-7,9,15-16H,2-5,8H2,1H3. The summed E-state index contributed by atoms with van der Waals surface area (Å²) in [5.41, 5.74) is 1.05. The van der Waals surface area contributed by atoms with Gasteiger partial charge in [-0.05, 0) is 31.0 Å². The van der Waals surface area contributed by atoms with E-state index in [-0.39, 0.29) is 12.6 Å². The highest BCUT2D eigenvalue weighted by molar-refractivity contribution is 6.32. The van der Waals surface area contributed by atoms with Crippen LogP contribution in [-0.4, -0.2) is 31.0 Å². The first-order chi connectivity index (χ1) is 8.70. The highest BCUT2D eigenvalue weighted by atomic mass is 35.5. The third-order valence-electron chi connectivity index (χ3n) is 2.87. The number of benzene rings is 1. The molecule has 0 aromatic heterocycles. The number of rotatable bonds is 5. The summed E-state index contributed by atoms with van der Waals surface area (Å²) in [6, 6.07) is 4.09. The number of hydrogen-bond donors (Lipinski definition) is 2. The highest BCUT2D eigenvalue weighted by Gasteiger charge is 2.16. The van der Waals surface area contributed by atoms with Crippen LogP contribution >= 0.6 is 11.6 Å². The van der Waals surface area contributed by atoms with Crippen LogP contribution in [0, 0.1) is 0 Å². The fourth-order valence-electron chi connectivity index (χ4n) is 1.85. The molecular weight excluding hydrogens is 254 g/mol. The van der Waals surface area contributed by atoms with E-state index in [1.54, 1.807) is 0 Å². The second kappa shape index (κ2) is 6.27. The summed E-state index contributed by atoms with van der Waals surface area (Å²) >= 11 is 6.15. The van der Waals surface area contributed by atoms with Crippen molar-refractivity contribution in [3.63, 3.8) is 0 Å². The molecule has 1 unspecified atom stereocenters. The van der Waals surface area contributed by atoms with Gasteiger partial charge in [-0.15, -0.1) is 0 Å². The van der Waals surface area contributed by atoms with E-state index in [9.17, 15) is 0 Å². The molecule has 18 heavy (non-hydrogen) atoms. The van der Waals surface area contributed by atoms with Gasteiger partial charge in [-0.25, -0.2) is 0 Å². The van der Waals surface area contributed by atoms with Crippen molar-refractivity contribution in [1.82, 2.24) is 5.32 Å². The van der Waals surface area contributed by atoms with Crippen LogP contribution in [0.1, 0.15) is 18.9 Å². The molecule has 2 rings (SSSR count). The van der Waals surface area contributed by atoms with Crippen LogP contribution < -0.4 is 14.8 Å². The fourth-order valence-corrected chi connectivity index (χ4v) is 2.14. The summed E-state index contributed by atoms with van der Waals surface area (Å²) < 4.78 is 11.0. The van der Waals surface area contributed by atoms with Crippen molar-refractivity contribution in [2.45, 2.75) is 25.9 Å². The van der Waals surface area contributed by atoms with Gasteiger partial charge < -0.3 is 19.9 Å². The molecule has 0 amide bonds. The van der Waals surface area contributed by atoms with Gasteiger partial charge in [-0.2, -0.15) is 0 Å². The number of fused-ring (bicyclic) bond motifs is 1. The van der Waals surface area contributed by atoms with Crippen LogP contribution in [0.15, 0.2) is 12.1 Å².